The average molecular weight is 238 g/mol. The van der Waals surface area contributed by atoms with E-state index in [1.807, 2.05) is 38.6 Å². The van der Waals surface area contributed by atoms with Gasteiger partial charge in [-0.3, -0.25) is 4.79 Å². The van der Waals surface area contributed by atoms with Crippen LogP contribution in [0, 0.1) is 0 Å². The molecular formula is C12H22N4O. The predicted molar refractivity (Wildman–Crippen MR) is 67.7 cm³/mol. The Morgan fingerprint density at radius 3 is 2.71 bits per heavy atom. The molecule has 0 spiro atoms. The topological polar surface area (TPSA) is 59.0 Å². The fourth-order valence-electron chi connectivity index (χ4n) is 1.54. The number of nitrogens with one attached hydrogen (secondary N) is 2. The van der Waals surface area contributed by atoms with E-state index in [9.17, 15) is 4.79 Å². The van der Waals surface area contributed by atoms with Crippen LogP contribution in [0.3, 0.4) is 0 Å². The van der Waals surface area contributed by atoms with E-state index in [0.717, 1.165) is 18.8 Å². The minimum Gasteiger partial charge on any atom is -0.353 e. The molecule has 1 amide bonds. The van der Waals surface area contributed by atoms with E-state index in [4.69, 9.17) is 0 Å². The van der Waals surface area contributed by atoms with E-state index in [1.54, 1.807) is 6.20 Å². The molecule has 1 aromatic heterocycles. The summed E-state index contributed by atoms with van der Waals surface area (Å²) >= 11 is 0. The molecule has 1 aromatic rings. The van der Waals surface area contributed by atoms with E-state index in [0.29, 0.717) is 0 Å². The van der Waals surface area contributed by atoms with Gasteiger partial charge in [-0.25, -0.2) is 4.98 Å². The normalized spacial score (nSPS) is 12.8. The van der Waals surface area contributed by atoms with Gasteiger partial charge in [0.05, 0.1) is 6.04 Å². The van der Waals surface area contributed by atoms with Crippen LogP contribution in [0.1, 0.15) is 26.6 Å². The van der Waals surface area contributed by atoms with Crippen molar-refractivity contribution in [2.75, 3.05) is 6.54 Å². The highest BCUT2D eigenvalue weighted by atomic mass is 16.2. The highest BCUT2D eigenvalue weighted by molar-refractivity contribution is 5.81. The number of hydrogen-bond acceptors (Lipinski definition) is 3. The van der Waals surface area contributed by atoms with Crippen LogP contribution in [0.15, 0.2) is 12.4 Å². The van der Waals surface area contributed by atoms with Gasteiger partial charge in [0.25, 0.3) is 0 Å². The number of rotatable bonds is 6. The number of carbonyl (C=O) groups is 1. The van der Waals surface area contributed by atoms with Crippen molar-refractivity contribution in [1.82, 2.24) is 20.2 Å². The summed E-state index contributed by atoms with van der Waals surface area (Å²) in [5.74, 6) is 1.06. The van der Waals surface area contributed by atoms with Crippen LogP contribution in [-0.4, -0.2) is 34.1 Å². The molecule has 0 aliphatic rings. The molecule has 1 unspecified atom stereocenters. The third-order valence-corrected chi connectivity index (χ3v) is 2.54. The lowest BCUT2D eigenvalue weighted by Gasteiger charge is -2.15. The second-order valence-corrected chi connectivity index (χ2v) is 4.54. The third-order valence-electron chi connectivity index (χ3n) is 2.54. The van der Waals surface area contributed by atoms with Crippen molar-refractivity contribution in [2.45, 2.75) is 39.3 Å². The van der Waals surface area contributed by atoms with Gasteiger partial charge in [0, 0.05) is 38.4 Å². The fourth-order valence-corrected chi connectivity index (χ4v) is 1.54. The summed E-state index contributed by atoms with van der Waals surface area (Å²) in [4.78, 5) is 15.8. The first-order valence-electron chi connectivity index (χ1n) is 6.00. The summed E-state index contributed by atoms with van der Waals surface area (Å²) in [6.45, 7) is 6.53. The van der Waals surface area contributed by atoms with Crippen LogP contribution in [0.4, 0.5) is 0 Å². The standard InChI is InChI=1S/C12H22N4O/c1-9(2)15-12(17)10(3)13-6-5-11-14-7-8-16(11)4/h7-10,13H,5-6H2,1-4H3,(H,15,17). The van der Waals surface area contributed by atoms with Gasteiger partial charge in [-0.2, -0.15) is 0 Å². The minimum atomic E-state index is -0.169. The maximum absolute atomic E-state index is 11.6. The van der Waals surface area contributed by atoms with E-state index >= 15 is 0 Å². The van der Waals surface area contributed by atoms with Crippen molar-refractivity contribution in [2.24, 2.45) is 7.05 Å². The maximum atomic E-state index is 11.6. The largest absolute Gasteiger partial charge is 0.353 e. The SMILES string of the molecule is CC(C)NC(=O)C(C)NCCc1nccn1C. The van der Waals surface area contributed by atoms with E-state index in [2.05, 4.69) is 15.6 Å². The predicted octanol–water partition coefficient (Wildman–Crippen LogP) is 0.465. The average Bonchev–Trinajstić information content (AvgIpc) is 2.63. The van der Waals surface area contributed by atoms with Crippen molar-refractivity contribution >= 4 is 5.91 Å². The molecule has 0 fully saturated rings. The van der Waals surface area contributed by atoms with Gasteiger partial charge < -0.3 is 15.2 Å². The number of carbonyl (C=O) groups excluding carboxylic acids is 1. The summed E-state index contributed by atoms with van der Waals surface area (Å²) in [6, 6.07) is 0.0129. The van der Waals surface area contributed by atoms with Gasteiger partial charge in [-0.05, 0) is 20.8 Å². The number of nitrogens with zero attached hydrogens (tertiary/aromatic N) is 2. The first-order chi connectivity index (χ1) is 8.00. The molecule has 5 heteroatoms. The quantitative estimate of drug-likeness (QED) is 0.757. The molecule has 1 heterocycles. The zero-order chi connectivity index (χ0) is 12.8. The van der Waals surface area contributed by atoms with Crippen molar-refractivity contribution in [3.63, 3.8) is 0 Å². The molecule has 0 saturated carbocycles. The summed E-state index contributed by atoms with van der Waals surface area (Å²) in [7, 11) is 1.97. The van der Waals surface area contributed by atoms with Crippen LogP contribution in [0.25, 0.3) is 0 Å². The number of imidazole rings is 1. The fraction of sp³-hybridized carbons (Fsp3) is 0.667. The molecule has 1 rings (SSSR count). The summed E-state index contributed by atoms with van der Waals surface area (Å²) in [5, 5.41) is 6.06. The van der Waals surface area contributed by atoms with Crippen molar-refractivity contribution in [3.05, 3.63) is 18.2 Å². The molecule has 0 aliphatic heterocycles. The third kappa shape index (κ3) is 4.56. The van der Waals surface area contributed by atoms with Crippen molar-refractivity contribution in [3.8, 4) is 0 Å². The molecule has 0 aromatic carbocycles. The van der Waals surface area contributed by atoms with Crippen LogP contribution >= 0.6 is 0 Å². The summed E-state index contributed by atoms with van der Waals surface area (Å²) < 4.78 is 1.99. The Bertz CT molecular complexity index is 359. The Morgan fingerprint density at radius 1 is 1.47 bits per heavy atom. The second kappa shape index (κ2) is 6.39. The molecule has 17 heavy (non-hydrogen) atoms. The van der Waals surface area contributed by atoms with Gasteiger partial charge in [-0.15, -0.1) is 0 Å². The molecule has 5 nitrogen and oxygen atoms in total. The van der Waals surface area contributed by atoms with Gasteiger partial charge in [0.15, 0.2) is 0 Å². The summed E-state index contributed by atoms with van der Waals surface area (Å²) in [6.07, 6.45) is 4.53. The lowest BCUT2D eigenvalue weighted by atomic mass is 10.2. The first kappa shape index (κ1) is 13.7. The summed E-state index contributed by atoms with van der Waals surface area (Å²) in [5.41, 5.74) is 0. The second-order valence-electron chi connectivity index (χ2n) is 4.54. The Hall–Kier alpha value is -1.36. The number of hydrogen-bond donors (Lipinski definition) is 2. The highest BCUT2D eigenvalue weighted by Crippen LogP contribution is 1.94. The zero-order valence-corrected chi connectivity index (χ0v) is 11.0. The maximum Gasteiger partial charge on any atom is 0.237 e. The molecule has 0 bridgehead atoms. The smallest absolute Gasteiger partial charge is 0.237 e. The number of amides is 1. The van der Waals surface area contributed by atoms with Crippen LogP contribution < -0.4 is 10.6 Å². The lowest BCUT2D eigenvalue weighted by molar-refractivity contribution is -0.123. The van der Waals surface area contributed by atoms with Crippen molar-refractivity contribution < 1.29 is 4.79 Å². The highest BCUT2D eigenvalue weighted by Gasteiger charge is 2.12. The van der Waals surface area contributed by atoms with E-state index in [-0.39, 0.29) is 18.0 Å². The Balaban J connectivity index is 2.27. The van der Waals surface area contributed by atoms with Gasteiger partial charge in [0.1, 0.15) is 5.82 Å². The van der Waals surface area contributed by atoms with E-state index < -0.39 is 0 Å². The molecule has 2 N–H and O–H groups in total. The molecule has 0 aliphatic carbocycles. The molecule has 0 saturated heterocycles. The molecule has 96 valence electrons. The molecular weight excluding hydrogens is 216 g/mol. The molecule has 0 radical (unpaired) electrons. The number of aromatic nitrogens is 2. The minimum absolute atomic E-state index is 0.0415. The van der Waals surface area contributed by atoms with Crippen LogP contribution in [-0.2, 0) is 18.3 Å². The lowest BCUT2D eigenvalue weighted by Crippen LogP contribution is -2.45. The Kier molecular flexibility index (Phi) is 5.15. The number of aryl methyl sites for hydroxylation is 1. The van der Waals surface area contributed by atoms with Gasteiger partial charge in [0.2, 0.25) is 5.91 Å². The molecule has 1 atom stereocenters. The van der Waals surface area contributed by atoms with Crippen molar-refractivity contribution in [1.29, 1.82) is 0 Å². The monoisotopic (exact) mass is 238 g/mol. The van der Waals surface area contributed by atoms with Gasteiger partial charge in [-0.1, -0.05) is 0 Å². The zero-order valence-electron chi connectivity index (χ0n) is 11.0. The van der Waals surface area contributed by atoms with Gasteiger partial charge >= 0.3 is 0 Å². The van der Waals surface area contributed by atoms with E-state index in [1.165, 1.54) is 0 Å². The van der Waals surface area contributed by atoms with Crippen LogP contribution in [0.5, 0.6) is 0 Å². The Morgan fingerprint density at radius 2 is 2.18 bits per heavy atom. The van der Waals surface area contributed by atoms with Crippen LogP contribution in [0.2, 0.25) is 0 Å². The first-order valence-corrected chi connectivity index (χ1v) is 6.00. The Labute approximate surface area is 103 Å².